The van der Waals surface area contributed by atoms with E-state index in [9.17, 15) is 13.2 Å². The van der Waals surface area contributed by atoms with Crippen LogP contribution in [0.4, 0.5) is 0 Å². The molecule has 1 aromatic heterocycles. The Bertz CT molecular complexity index is 855. The van der Waals surface area contributed by atoms with Crippen molar-refractivity contribution < 1.29 is 22.5 Å². The Kier molecular flexibility index (Phi) is 6.04. The van der Waals surface area contributed by atoms with E-state index in [-0.39, 0.29) is 22.3 Å². The van der Waals surface area contributed by atoms with E-state index >= 15 is 0 Å². The van der Waals surface area contributed by atoms with Crippen molar-refractivity contribution in [3.05, 3.63) is 41.3 Å². The van der Waals surface area contributed by atoms with Gasteiger partial charge < -0.3 is 14.2 Å². The zero-order valence-electron chi connectivity index (χ0n) is 15.4. The van der Waals surface area contributed by atoms with Gasteiger partial charge in [-0.1, -0.05) is 17.3 Å². The van der Waals surface area contributed by atoms with Crippen LogP contribution in [0.15, 0.2) is 33.7 Å². The molecule has 0 aliphatic carbocycles. The van der Waals surface area contributed by atoms with E-state index in [2.05, 4.69) is 9.88 Å². The first-order valence-corrected chi connectivity index (χ1v) is 9.47. The fourth-order valence-electron chi connectivity index (χ4n) is 2.61. The highest BCUT2D eigenvalue weighted by Crippen LogP contribution is 2.19. The Morgan fingerprint density at radius 2 is 1.92 bits per heavy atom. The Labute approximate surface area is 153 Å². The number of hydrogen-bond donors (Lipinski definition) is 1. The molecule has 0 saturated carbocycles. The van der Waals surface area contributed by atoms with Crippen LogP contribution in [0.25, 0.3) is 0 Å². The van der Waals surface area contributed by atoms with Gasteiger partial charge in [0.25, 0.3) is 0 Å². The van der Waals surface area contributed by atoms with E-state index in [1.807, 2.05) is 12.1 Å². The van der Waals surface area contributed by atoms with Crippen molar-refractivity contribution in [3.8, 4) is 5.75 Å². The summed E-state index contributed by atoms with van der Waals surface area (Å²) in [4.78, 5) is 14.0. The highest BCUT2D eigenvalue weighted by atomic mass is 32.2. The van der Waals surface area contributed by atoms with Crippen molar-refractivity contribution in [3.63, 3.8) is 0 Å². The van der Waals surface area contributed by atoms with Gasteiger partial charge in [-0.05, 0) is 38.5 Å². The van der Waals surface area contributed by atoms with Crippen LogP contribution in [0, 0.1) is 13.8 Å². The quantitative estimate of drug-likeness (QED) is 0.782. The second kappa shape index (κ2) is 7.88. The van der Waals surface area contributed by atoms with Crippen molar-refractivity contribution in [1.29, 1.82) is 0 Å². The predicted molar refractivity (Wildman–Crippen MR) is 95.2 cm³/mol. The van der Waals surface area contributed by atoms with Gasteiger partial charge in [0.1, 0.15) is 16.3 Å². The third-order valence-electron chi connectivity index (χ3n) is 3.89. The molecule has 0 aliphatic rings. The molecule has 1 aromatic carbocycles. The largest absolute Gasteiger partial charge is 0.497 e. The molecule has 142 valence electrons. The smallest absolute Gasteiger partial charge is 0.246 e. The summed E-state index contributed by atoms with van der Waals surface area (Å²) >= 11 is 0. The van der Waals surface area contributed by atoms with Crippen LogP contribution < -0.4 is 9.46 Å². The Morgan fingerprint density at radius 1 is 1.31 bits per heavy atom. The Morgan fingerprint density at radius 3 is 2.42 bits per heavy atom. The normalized spacial score (nSPS) is 12.7. The summed E-state index contributed by atoms with van der Waals surface area (Å²) in [7, 11) is -0.709. The number of aromatic nitrogens is 1. The third-order valence-corrected chi connectivity index (χ3v) is 5.68. The first-order valence-electron chi connectivity index (χ1n) is 7.99. The lowest BCUT2D eigenvalue weighted by Gasteiger charge is -2.22. The molecule has 8 nitrogen and oxygen atoms in total. The summed E-state index contributed by atoms with van der Waals surface area (Å²) < 4.78 is 37.4. The van der Waals surface area contributed by atoms with E-state index < -0.39 is 16.1 Å². The summed E-state index contributed by atoms with van der Waals surface area (Å²) in [5.74, 6) is 0.556. The first-order chi connectivity index (χ1) is 12.2. The molecular weight excluding hydrogens is 358 g/mol. The number of likely N-dealkylation sites (N-methyl/N-ethyl adjacent to an activating group) is 1. The minimum atomic E-state index is -3.91. The maximum atomic E-state index is 12.5. The van der Waals surface area contributed by atoms with Gasteiger partial charge >= 0.3 is 0 Å². The minimum absolute atomic E-state index is 0.0324. The Balaban J connectivity index is 2.06. The van der Waals surface area contributed by atoms with Crippen molar-refractivity contribution in [2.45, 2.75) is 38.3 Å². The van der Waals surface area contributed by atoms with Gasteiger partial charge in [-0.3, -0.25) is 4.79 Å². The molecule has 0 radical (unpaired) electrons. The van der Waals surface area contributed by atoms with Crippen LogP contribution in [0.2, 0.25) is 0 Å². The van der Waals surface area contributed by atoms with Crippen LogP contribution in [0.1, 0.15) is 23.9 Å². The molecule has 26 heavy (non-hydrogen) atoms. The number of amides is 1. The SMILES string of the molecule is COc1ccc(CN(C)C(=O)[C@H](C)NS(=O)(=O)c2c(C)noc2C)cc1. The minimum Gasteiger partial charge on any atom is -0.497 e. The van der Waals surface area contributed by atoms with Crippen molar-refractivity contribution in [2.75, 3.05) is 14.2 Å². The third kappa shape index (κ3) is 4.41. The second-order valence-electron chi connectivity index (χ2n) is 6.04. The molecule has 2 aromatic rings. The monoisotopic (exact) mass is 381 g/mol. The van der Waals surface area contributed by atoms with Gasteiger partial charge in [0.2, 0.25) is 15.9 Å². The molecule has 0 aliphatic heterocycles. The van der Waals surface area contributed by atoms with E-state index in [1.165, 1.54) is 25.7 Å². The number of nitrogens with zero attached hydrogens (tertiary/aromatic N) is 2. The summed E-state index contributed by atoms with van der Waals surface area (Å²) in [6.45, 7) is 4.90. The number of sulfonamides is 1. The second-order valence-corrected chi connectivity index (χ2v) is 7.69. The fraction of sp³-hybridized carbons (Fsp3) is 0.412. The maximum Gasteiger partial charge on any atom is 0.246 e. The lowest BCUT2D eigenvalue weighted by Crippen LogP contribution is -2.45. The van der Waals surface area contributed by atoms with Gasteiger partial charge in [-0.2, -0.15) is 4.72 Å². The van der Waals surface area contributed by atoms with Gasteiger partial charge in [0.15, 0.2) is 5.76 Å². The van der Waals surface area contributed by atoms with E-state index in [1.54, 1.807) is 26.3 Å². The molecule has 0 spiro atoms. The molecule has 1 amide bonds. The van der Waals surface area contributed by atoms with Crippen LogP contribution in [0.5, 0.6) is 5.75 Å². The summed E-state index contributed by atoms with van der Waals surface area (Å²) in [5, 5.41) is 3.64. The number of rotatable bonds is 7. The van der Waals surface area contributed by atoms with Gasteiger partial charge in [0, 0.05) is 13.6 Å². The maximum absolute atomic E-state index is 12.5. The predicted octanol–water partition coefficient (Wildman–Crippen LogP) is 1.63. The number of hydrogen-bond acceptors (Lipinski definition) is 6. The molecule has 1 heterocycles. The van der Waals surface area contributed by atoms with Crippen molar-refractivity contribution in [1.82, 2.24) is 14.8 Å². The van der Waals surface area contributed by atoms with E-state index in [4.69, 9.17) is 9.26 Å². The molecule has 0 bridgehead atoms. The fourth-order valence-corrected chi connectivity index (χ4v) is 4.14. The average Bonchev–Trinajstić information content (AvgIpc) is 2.93. The van der Waals surface area contributed by atoms with Crippen molar-refractivity contribution >= 4 is 15.9 Å². The number of nitrogens with one attached hydrogen (secondary N) is 1. The molecule has 0 unspecified atom stereocenters. The molecule has 0 saturated heterocycles. The molecule has 1 atom stereocenters. The molecule has 1 N–H and O–H groups in total. The highest BCUT2D eigenvalue weighted by Gasteiger charge is 2.29. The van der Waals surface area contributed by atoms with Crippen LogP contribution in [0.3, 0.4) is 0 Å². The van der Waals surface area contributed by atoms with E-state index in [0.717, 1.165) is 11.3 Å². The molecule has 9 heteroatoms. The number of carbonyl (C=O) groups excluding carboxylic acids is 1. The molecule has 2 rings (SSSR count). The number of ether oxygens (including phenoxy) is 1. The zero-order chi connectivity index (χ0) is 19.5. The molecular formula is C17H23N3O5S. The topological polar surface area (TPSA) is 102 Å². The standard InChI is InChI=1S/C17H23N3O5S/c1-11-16(13(3)25-18-11)26(22,23)19-12(2)17(21)20(4)10-14-6-8-15(24-5)9-7-14/h6-9,12,19H,10H2,1-5H3/t12-/m0/s1. The van der Waals surface area contributed by atoms with Gasteiger partial charge in [0.05, 0.1) is 13.2 Å². The number of benzene rings is 1. The Hall–Kier alpha value is -2.39. The van der Waals surface area contributed by atoms with Crippen LogP contribution >= 0.6 is 0 Å². The first kappa shape index (κ1) is 19.9. The zero-order valence-corrected chi connectivity index (χ0v) is 16.3. The highest BCUT2D eigenvalue weighted by molar-refractivity contribution is 7.89. The summed E-state index contributed by atoms with van der Waals surface area (Å²) in [6, 6.07) is 6.37. The van der Waals surface area contributed by atoms with Gasteiger partial charge in [-0.25, -0.2) is 8.42 Å². The number of carbonyl (C=O) groups is 1. The average molecular weight is 381 g/mol. The van der Waals surface area contributed by atoms with E-state index in [0.29, 0.717) is 6.54 Å². The summed E-state index contributed by atoms with van der Waals surface area (Å²) in [5.41, 5.74) is 1.16. The van der Waals surface area contributed by atoms with Crippen LogP contribution in [-0.2, 0) is 21.4 Å². The van der Waals surface area contributed by atoms with Gasteiger partial charge in [-0.15, -0.1) is 0 Å². The number of methoxy groups -OCH3 is 1. The molecule has 0 fully saturated rings. The van der Waals surface area contributed by atoms with Crippen LogP contribution in [-0.4, -0.2) is 44.6 Å². The summed E-state index contributed by atoms with van der Waals surface area (Å²) in [6.07, 6.45) is 0. The van der Waals surface area contributed by atoms with Crippen molar-refractivity contribution in [2.24, 2.45) is 0 Å². The lowest BCUT2D eigenvalue weighted by atomic mass is 10.2. The number of aryl methyl sites for hydroxylation is 2. The lowest BCUT2D eigenvalue weighted by molar-refractivity contribution is -0.131.